The molecule has 1 aromatic carbocycles. The lowest BCUT2D eigenvalue weighted by Crippen LogP contribution is -2.46. The summed E-state index contributed by atoms with van der Waals surface area (Å²) in [5.74, 6) is 0.833. The molecule has 2 fully saturated rings. The van der Waals surface area contributed by atoms with E-state index < -0.39 is 0 Å². The molecule has 3 heteroatoms. The zero-order chi connectivity index (χ0) is 13.1. The molecule has 1 aliphatic carbocycles. The summed E-state index contributed by atoms with van der Waals surface area (Å²) in [5, 5.41) is 4.30. The first-order valence-corrected chi connectivity index (χ1v) is 7.92. The monoisotopic (exact) mass is 278 g/mol. The number of nitrogens with zero attached hydrogens (tertiary/aromatic N) is 1. The number of benzene rings is 1. The van der Waals surface area contributed by atoms with Crippen LogP contribution in [0.3, 0.4) is 0 Å². The lowest BCUT2D eigenvalue weighted by Gasteiger charge is -2.38. The molecule has 0 spiro atoms. The quantitative estimate of drug-likeness (QED) is 0.911. The van der Waals surface area contributed by atoms with E-state index in [1.165, 1.54) is 44.3 Å². The highest BCUT2D eigenvalue weighted by Gasteiger charge is 2.31. The minimum absolute atomic E-state index is 0.599. The average Bonchev–Trinajstić information content (AvgIpc) is 2.96. The van der Waals surface area contributed by atoms with Crippen LogP contribution in [-0.2, 0) is 0 Å². The molecule has 2 aliphatic rings. The first-order chi connectivity index (χ1) is 9.34. The van der Waals surface area contributed by atoms with Gasteiger partial charge in [0.05, 0.1) is 0 Å². The van der Waals surface area contributed by atoms with Gasteiger partial charge in [0, 0.05) is 37.2 Å². The van der Waals surface area contributed by atoms with Crippen molar-refractivity contribution in [1.29, 1.82) is 0 Å². The van der Waals surface area contributed by atoms with Crippen LogP contribution in [0.1, 0.15) is 37.3 Å². The van der Waals surface area contributed by atoms with Gasteiger partial charge in [0.15, 0.2) is 0 Å². The maximum Gasteiger partial charge on any atom is 0.0406 e. The summed E-state index contributed by atoms with van der Waals surface area (Å²) < 4.78 is 0. The second kappa shape index (κ2) is 6.25. The predicted molar refractivity (Wildman–Crippen MR) is 80.6 cm³/mol. The minimum Gasteiger partial charge on any atom is -0.314 e. The molecule has 104 valence electrons. The van der Waals surface area contributed by atoms with Crippen molar-refractivity contribution in [2.24, 2.45) is 5.92 Å². The Morgan fingerprint density at radius 3 is 2.32 bits per heavy atom. The van der Waals surface area contributed by atoms with Crippen LogP contribution in [0.15, 0.2) is 24.3 Å². The fourth-order valence-corrected chi connectivity index (χ4v) is 3.80. The standard InChI is InChI=1S/C16H23ClN2/c17-15-7-5-14(6-8-15)16(13-3-1-2-4-13)19-11-9-18-10-12-19/h5-8,13,16,18H,1-4,9-12H2/t16-/m0/s1. The zero-order valence-corrected chi connectivity index (χ0v) is 12.2. The third kappa shape index (κ3) is 3.13. The normalized spacial score (nSPS) is 23.6. The van der Waals surface area contributed by atoms with Crippen LogP contribution < -0.4 is 5.32 Å². The molecule has 1 atom stereocenters. The SMILES string of the molecule is Clc1ccc([C@H](C2CCCC2)N2CCNCC2)cc1. The molecule has 1 saturated heterocycles. The Morgan fingerprint density at radius 2 is 1.68 bits per heavy atom. The fourth-order valence-electron chi connectivity index (χ4n) is 3.67. The van der Waals surface area contributed by atoms with Gasteiger partial charge in [0.2, 0.25) is 0 Å². The van der Waals surface area contributed by atoms with E-state index in [0.717, 1.165) is 24.0 Å². The number of nitrogens with one attached hydrogen (secondary N) is 1. The third-order valence-electron chi connectivity index (χ3n) is 4.60. The van der Waals surface area contributed by atoms with Gasteiger partial charge < -0.3 is 5.32 Å². The van der Waals surface area contributed by atoms with Crippen molar-refractivity contribution in [3.05, 3.63) is 34.9 Å². The lowest BCUT2D eigenvalue weighted by molar-refractivity contribution is 0.125. The smallest absolute Gasteiger partial charge is 0.0406 e. The summed E-state index contributed by atoms with van der Waals surface area (Å²) in [6, 6.07) is 9.14. The van der Waals surface area contributed by atoms with E-state index in [2.05, 4.69) is 22.3 Å². The van der Waals surface area contributed by atoms with Crippen LogP contribution in [-0.4, -0.2) is 31.1 Å². The van der Waals surface area contributed by atoms with E-state index in [9.17, 15) is 0 Å². The Bertz CT molecular complexity index is 392. The summed E-state index contributed by atoms with van der Waals surface area (Å²) in [7, 11) is 0. The first-order valence-electron chi connectivity index (χ1n) is 7.55. The van der Waals surface area contributed by atoms with Gasteiger partial charge in [0.1, 0.15) is 0 Å². The van der Waals surface area contributed by atoms with Crippen LogP contribution >= 0.6 is 11.6 Å². The molecule has 1 aromatic rings. The number of halogens is 1. The van der Waals surface area contributed by atoms with Crippen LogP contribution in [0.2, 0.25) is 5.02 Å². The highest BCUT2D eigenvalue weighted by molar-refractivity contribution is 6.30. The molecule has 1 saturated carbocycles. The highest BCUT2D eigenvalue weighted by Crippen LogP contribution is 2.39. The van der Waals surface area contributed by atoms with Gasteiger partial charge in [-0.25, -0.2) is 0 Å². The van der Waals surface area contributed by atoms with Crippen LogP contribution in [0.25, 0.3) is 0 Å². The first kappa shape index (κ1) is 13.4. The summed E-state index contributed by atoms with van der Waals surface area (Å²) in [5.41, 5.74) is 1.46. The molecule has 0 bridgehead atoms. The van der Waals surface area contributed by atoms with E-state index in [4.69, 9.17) is 11.6 Å². The number of hydrogen-bond donors (Lipinski definition) is 1. The molecule has 0 aromatic heterocycles. The van der Waals surface area contributed by atoms with Gasteiger partial charge in [-0.3, -0.25) is 4.90 Å². The maximum atomic E-state index is 6.04. The van der Waals surface area contributed by atoms with Gasteiger partial charge in [-0.2, -0.15) is 0 Å². The van der Waals surface area contributed by atoms with Crippen molar-refractivity contribution in [2.45, 2.75) is 31.7 Å². The van der Waals surface area contributed by atoms with Crippen LogP contribution in [0.4, 0.5) is 0 Å². The predicted octanol–water partition coefficient (Wildman–Crippen LogP) is 3.48. The third-order valence-corrected chi connectivity index (χ3v) is 4.85. The molecule has 2 nitrogen and oxygen atoms in total. The van der Waals surface area contributed by atoms with Crippen LogP contribution in [0, 0.1) is 5.92 Å². The topological polar surface area (TPSA) is 15.3 Å². The number of hydrogen-bond acceptors (Lipinski definition) is 2. The summed E-state index contributed by atoms with van der Waals surface area (Å²) in [6.45, 7) is 4.58. The molecule has 0 amide bonds. The van der Waals surface area contributed by atoms with E-state index in [1.807, 2.05) is 12.1 Å². The van der Waals surface area contributed by atoms with E-state index >= 15 is 0 Å². The van der Waals surface area contributed by atoms with Crippen LogP contribution in [0.5, 0.6) is 0 Å². The van der Waals surface area contributed by atoms with Crippen molar-refractivity contribution in [3.8, 4) is 0 Å². The molecular weight excluding hydrogens is 256 g/mol. The zero-order valence-electron chi connectivity index (χ0n) is 11.4. The molecule has 1 aliphatic heterocycles. The molecule has 1 heterocycles. The second-order valence-electron chi connectivity index (χ2n) is 5.83. The summed E-state index contributed by atoms with van der Waals surface area (Å²) in [4.78, 5) is 2.68. The molecule has 1 N–H and O–H groups in total. The van der Waals surface area contributed by atoms with Gasteiger partial charge >= 0.3 is 0 Å². The van der Waals surface area contributed by atoms with E-state index in [0.29, 0.717) is 6.04 Å². The summed E-state index contributed by atoms with van der Waals surface area (Å²) >= 11 is 6.04. The average molecular weight is 279 g/mol. The Morgan fingerprint density at radius 1 is 1.05 bits per heavy atom. The van der Waals surface area contributed by atoms with Crippen molar-refractivity contribution in [3.63, 3.8) is 0 Å². The van der Waals surface area contributed by atoms with Gasteiger partial charge in [0.25, 0.3) is 0 Å². The second-order valence-corrected chi connectivity index (χ2v) is 6.26. The Hall–Kier alpha value is -0.570. The molecule has 3 rings (SSSR count). The van der Waals surface area contributed by atoms with Crippen molar-refractivity contribution >= 4 is 11.6 Å². The summed E-state index contributed by atoms with van der Waals surface area (Å²) in [6.07, 6.45) is 5.58. The van der Waals surface area contributed by atoms with Crippen molar-refractivity contribution in [1.82, 2.24) is 10.2 Å². The maximum absolute atomic E-state index is 6.04. The lowest BCUT2D eigenvalue weighted by atomic mass is 9.90. The Kier molecular flexibility index (Phi) is 4.42. The Balaban J connectivity index is 1.83. The van der Waals surface area contributed by atoms with E-state index in [1.54, 1.807) is 0 Å². The fraction of sp³-hybridized carbons (Fsp3) is 0.625. The van der Waals surface area contributed by atoms with Crippen molar-refractivity contribution < 1.29 is 0 Å². The molecule has 0 unspecified atom stereocenters. The highest BCUT2D eigenvalue weighted by atomic mass is 35.5. The Labute approximate surface area is 121 Å². The number of piperazine rings is 1. The number of rotatable bonds is 3. The molecular formula is C16H23ClN2. The van der Waals surface area contributed by atoms with Gasteiger partial charge in [-0.15, -0.1) is 0 Å². The van der Waals surface area contributed by atoms with Gasteiger partial charge in [-0.1, -0.05) is 36.6 Å². The van der Waals surface area contributed by atoms with Crippen molar-refractivity contribution in [2.75, 3.05) is 26.2 Å². The van der Waals surface area contributed by atoms with Gasteiger partial charge in [-0.05, 0) is 36.5 Å². The largest absolute Gasteiger partial charge is 0.314 e. The minimum atomic E-state index is 0.599. The molecule has 19 heavy (non-hydrogen) atoms. The van der Waals surface area contributed by atoms with E-state index in [-0.39, 0.29) is 0 Å². The molecule has 0 radical (unpaired) electrons.